The van der Waals surface area contributed by atoms with Crippen molar-refractivity contribution < 1.29 is 4.74 Å². The van der Waals surface area contributed by atoms with E-state index in [4.69, 9.17) is 10.5 Å². The van der Waals surface area contributed by atoms with Crippen LogP contribution in [-0.4, -0.2) is 19.3 Å². The van der Waals surface area contributed by atoms with E-state index in [-0.39, 0.29) is 0 Å². The predicted molar refractivity (Wildman–Crippen MR) is 61.8 cm³/mol. The summed E-state index contributed by atoms with van der Waals surface area (Å²) in [6.45, 7) is 8.19. The lowest BCUT2D eigenvalue weighted by atomic mass is 10.4. The number of ether oxygens (including phenoxy) is 1. The molecule has 0 radical (unpaired) electrons. The van der Waals surface area contributed by atoms with Crippen LogP contribution in [0.25, 0.3) is 0 Å². The summed E-state index contributed by atoms with van der Waals surface area (Å²) < 4.78 is 5.59. The summed E-state index contributed by atoms with van der Waals surface area (Å²) in [5, 5.41) is 0. The topological polar surface area (TPSA) is 48.1 Å². The molecule has 0 aromatic carbocycles. The largest absolute Gasteiger partial charge is 0.495 e. The summed E-state index contributed by atoms with van der Waals surface area (Å²) in [7, 11) is -1.40. The second-order valence-electron chi connectivity index (χ2n) is 3.94. The van der Waals surface area contributed by atoms with Gasteiger partial charge in [-0.2, -0.15) is 0 Å². The van der Waals surface area contributed by atoms with Crippen LogP contribution in [0.4, 0.5) is 5.69 Å². The van der Waals surface area contributed by atoms with Gasteiger partial charge in [0.2, 0.25) is 0 Å². The number of nitrogens with zero attached hydrogens (tertiary/aromatic N) is 1. The lowest BCUT2D eigenvalue weighted by Crippen LogP contribution is -2.32. The van der Waals surface area contributed by atoms with Crippen LogP contribution in [0, 0.1) is 0 Å². The SMILES string of the molecule is C=C[Si](C)(C)COc1cncc(N)c1. The van der Waals surface area contributed by atoms with Gasteiger partial charge in [-0.05, 0) is 0 Å². The maximum Gasteiger partial charge on any atom is 0.139 e. The van der Waals surface area contributed by atoms with Crippen LogP contribution in [0.5, 0.6) is 5.75 Å². The maximum absolute atomic E-state index is 5.59. The molecule has 1 rings (SSSR count). The number of nitrogen functional groups attached to an aromatic ring is 1. The number of nitrogens with two attached hydrogens (primary N) is 1. The zero-order chi connectivity index (χ0) is 10.6. The smallest absolute Gasteiger partial charge is 0.139 e. The molecule has 1 aromatic rings. The van der Waals surface area contributed by atoms with Gasteiger partial charge in [0.05, 0.1) is 24.3 Å². The highest BCUT2D eigenvalue weighted by molar-refractivity contribution is 6.82. The molecule has 0 aliphatic rings. The minimum absolute atomic E-state index is 0.626. The van der Waals surface area contributed by atoms with Gasteiger partial charge in [0.15, 0.2) is 0 Å². The molecule has 0 saturated heterocycles. The van der Waals surface area contributed by atoms with E-state index in [1.807, 2.05) is 5.70 Å². The average molecular weight is 208 g/mol. The quantitative estimate of drug-likeness (QED) is 0.770. The molecule has 76 valence electrons. The van der Waals surface area contributed by atoms with E-state index in [9.17, 15) is 0 Å². The van der Waals surface area contributed by atoms with Crippen molar-refractivity contribution in [1.82, 2.24) is 4.98 Å². The Bertz CT molecular complexity index is 326. The van der Waals surface area contributed by atoms with Crippen LogP contribution in [0.15, 0.2) is 30.7 Å². The van der Waals surface area contributed by atoms with E-state index in [1.165, 1.54) is 0 Å². The second-order valence-corrected chi connectivity index (χ2v) is 8.61. The minimum atomic E-state index is -1.40. The summed E-state index contributed by atoms with van der Waals surface area (Å²) in [6.07, 6.45) is 3.98. The fourth-order valence-corrected chi connectivity index (χ4v) is 1.50. The van der Waals surface area contributed by atoms with E-state index in [2.05, 4.69) is 24.7 Å². The van der Waals surface area contributed by atoms with Gasteiger partial charge >= 0.3 is 0 Å². The Kier molecular flexibility index (Phi) is 3.30. The Morgan fingerprint density at radius 1 is 1.57 bits per heavy atom. The van der Waals surface area contributed by atoms with Gasteiger partial charge in [-0.25, -0.2) is 0 Å². The standard InChI is InChI=1S/C10H16N2OSi/c1-4-14(2,3)8-13-10-5-9(11)6-12-7-10/h4-7H,1,8,11H2,2-3H3. The minimum Gasteiger partial charge on any atom is -0.495 e. The van der Waals surface area contributed by atoms with Crippen LogP contribution in [0.1, 0.15) is 0 Å². The van der Waals surface area contributed by atoms with Crippen LogP contribution in [-0.2, 0) is 0 Å². The van der Waals surface area contributed by atoms with Gasteiger partial charge in [-0.3, -0.25) is 4.98 Å². The molecule has 1 heterocycles. The Hall–Kier alpha value is -1.29. The van der Waals surface area contributed by atoms with Crippen molar-refractivity contribution in [2.75, 3.05) is 12.0 Å². The van der Waals surface area contributed by atoms with E-state index in [0.717, 1.165) is 5.75 Å². The molecule has 0 saturated carbocycles. The zero-order valence-corrected chi connectivity index (χ0v) is 9.66. The lowest BCUT2D eigenvalue weighted by Gasteiger charge is -2.17. The van der Waals surface area contributed by atoms with Crippen molar-refractivity contribution in [2.45, 2.75) is 13.1 Å². The highest BCUT2D eigenvalue weighted by Crippen LogP contribution is 2.14. The highest BCUT2D eigenvalue weighted by Gasteiger charge is 2.16. The Labute approximate surface area is 85.6 Å². The van der Waals surface area contributed by atoms with Crippen LogP contribution in [0.2, 0.25) is 13.1 Å². The van der Waals surface area contributed by atoms with Crippen molar-refractivity contribution in [3.05, 3.63) is 30.7 Å². The first-order chi connectivity index (χ1) is 6.53. The summed E-state index contributed by atoms with van der Waals surface area (Å²) >= 11 is 0. The normalized spacial score (nSPS) is 11.0. The average Bonchev–Trinajstić information content (AvgIpc) is 2.15. The summed E-state index contributed by atoms with van der Waals surface area (Å²) in [4.78, 5) is 3.95. The predicted octanol–water partition coefficient (Wildman–Crippen LogP) is 2.02. The van der Waals surface area contributed by atoms with E-state index in [1.54, 1.807) is 18.5 Å². The molecule has 2 N–H and O–H groups in total. The van der Waals surface area contributed by atoms with Crippen LogP contribution >= 0.6 is 0 Å². The van der Waals surface area contributed by atoms with Crippen molar-refractivity contribution in [3.8, 4) is 5.75 Å². The number of anilines is 1. The second kappa shape index (κ2) is 4.28. The summed E-state index contributed by atoms with van der Waals surface area (Å²) in [5.74, 6) is 0.729. The first-order valence-corrected chi connectivity index (χ1v) is 7.79. The molecular formula is C10H16N2OSi. The van der Waals surface area contributed by atoms with Gasteiger partial charge < -0.3 is 10.5 Å². The summed E-state index contributed by atoms with van der Waals surface area (Å²) in [6, 6.07) is 1.78. The monoisotopic (exact) mass is 208 g/mol. The number of hydrogen-bond donors (Lipinski definition) is 1. The molecule has 4 heteroatoms. The molecule has 0 aliphatic carbocycles. The third-order valence-electron chi connectivity index (χ3n) is 1.90. The molecule has 0 atom stereocenters. The Morgan fingerprint density at radius 3 is 2.86 bits per heavy atom. The fourth-order valence-electron chi connectivity index (χ4n) is 0.843. The molecule has 14 heavy (non-hydrogen) atoms. The summed E-state index contributed by atoms with van der Waals surface area (Å²) in [5.41, 5.74) is 8.21. The molecule has 3 nitrogen and oxygen atoms in total. The van der Waals surface area contributed by atoms with Crippen molar-refractivity contribution in [3.63, 3.8) is 0 Å². The Morgan fingerprint density at radius 2 is 2.29 bits per heavy atom. The van der Waals surface area contributed by atoms with Crippen LogP contribution < -0.4 is 10.5 Å². The van der Waals surface area contributed by atoms with Gasteiger partial charge in [0.1, 0.15) is 13.8 Å². The van der Waals surface area contributed by atoms with Crippen LogP contribution in [0.3, 0.4) is 0 Å². The number of aromatic nitrogens is 1. The third kappa shape index (κ3) is 3.22. The van der Waals surface area contributed by atoms with E-state index in [0.29, 0.717) is 11.9 Å². The molecule has 1 aromatic heterocycles. The number of pyridine rings is 1. The lowest BCUT2D eigenvalue weighted by molar-refractivity contribution is 0.377. The number of hydrogen-bond acceptors (Lipinski definition) is 3. The Balaban J connectivity index is 2.58. The van der Waals surface area contributed by atoms with E-state index < -0.39 is 8.07 Å². The van der Waals surface area contributed by atoms with Gasteiger partial charge in [-0.1, -0.05) is 18.8 Å². The van der Waals surface area contributed by atoms with E-state index >= 15 is 0 Å². The maximum atomic E-state index is 5.59. The molecule has 0 fully saturated rings. The molecule has 0 amide bonds. The highest BCUT2D eigenvalue weighted by atomic mass is 28.3. The first-order valence-electron chi connectivity index (χ1n) is 4.50. The van der Waals surface area contributed by atoms with Crippen molar-refractivity contribution in [2.24, 2.45) is 0 Å². The van der Waals surface area contributed by atoms with Gasteiger partial charge in [0.25, 0.3) is 0 Å². The number of rotatable bonds is 4. The van der Waals surface area contributed by atoms with Crippen molar-refractivity contribution in [1.29, 1.82) is 0 Å². The molecule has 0 aliphatic heterocycles. The molecule has 0 spiro atoms. The van der Waals surface area contributed by atoms with Crippen molar-refractivity contribution >= 4 is 13.8 Å². The molecular weight excluding hydrogens is 192 g/mol. The van der Waals surface area contributed by atoms with Gasteiger partial charge in [0, 0.05) is 6.07 Å². The van der Waals surface area contributed by atoms with Gasteiger partial charge in [-0.15, -0.1) is 6.58 Å². The fraction of sp³-hybridized carbons (Fsp3) is 0.300. The third-order valence-corrected chi connectivity index (χ3v) is 3.89. The molecule has 0 unspecified atom stereocenters. The molecule has 0 bridgehead atoms. The zero-order valence-electron chi connectivity index (χ0n) is 8.66. The first kappa shape index (κ1) is 10.8.